The van der Waals surface area contributed by atoms with Crippen LogP contribution in [0.4, 0.5) is 4.39 Å². The van der Waals surface area contributed by atoms with Gasteiger partial charge in [-0.2, -0.15) is 0 Å². The molecule has 1 aliphatic rings. The molecule has 3 atom stereocenters. The van der Waals surface area contributed by atoms with Gasteiger partial charge in [-0.3, -0.25) is 4.79 Å². The molecule has 0 aliphatic heterocycles. The van der Waals surface area contributed by atoms with E-state index in [9.17, 15) is 14.3 Å². The zero-order valence-electron chi connectivity index (χ0n) is 9.90. The molecule has 92 valence electrons. The second kappa shape index (κ2) is 4.86. The van der Waals surface area contributed by atoms with E-state index in [0.717, 1.165) is 18.4 Å². The Morgan fingerprint density at radius 1 is 1.41 bits per heavy atom. The molecular formula is C14H17FO2. The minimum Gasteiger partial charge on any atom is -0.481 e. The highest BCUT2D eigenvalue weighted by Gasteiger charge is 2.34. The molecule has 2 nitrogen and oxygen atoms in total. The Kier molecular flexibility index (Phi) is 3.46. The lowest BCUT2D eigenvalue weighted by Crippen LogP contribution is -2.28. The van der Waals surface area contributed by atoms with E-state index >= 15 is 0 Å². The van der Waals surface area contributed by atoms with Crippen LogP contribution in [0.2, 0.25) is 0 Å². The Morgan fingerprint density at radius 2 is 2.18 bits per heavy atom. The first-order valence-electron chi connectivity index (χ1n) is 6.06. The van der Waals surface area contributed by atoms with Gasteiger partial charge in [0.15, 0.2) is 0 Å². The Balaban J connectivity index is 2.28. The minimum absolute atomic E-state index is 0.0491. The molecule has 3 unspecified atom stereocenters. The average Bonchev–Trinajstić information content (AvgIpc) is 2.28. The minimum atomic E-state index is -0.758. The van der Waals surface area contributed by atoms with Crippen LogP contribution in [-0.4, -0.2) is 11.1 Å². The zero-order chi connectivity index (χ0) is 12.4. The van der Waals surface area contributed by atoms with E-state index in [1.54, 1.807) is 6.07 Å². The summed E-state index contributed by atoms with van der Waals surface area (Å²) < 4.78 is 13.2. The van der Waals surface area contributed by atoms with Gasteiger partial charge in [-0.1, -0.05) is 19.1 Å². The molecular weight excluding hydrogens is 219 g/mol. The molecule has 0 aromatic heterocycles. The van der Waals surface area contributed by atoms with Gasteiger partial charge in [0.1, 0.15) is 5.82 Å². The fourth-order valence-corrected chi connectivity index (χ4v) is 2.78. The van der Waals surface area contributed by atoms with Gasteiger partial charge in [0.2, 0.25) is 0 Å². The van der Waals surface area contributed by atoms with E-state index in [4.69, 9.17) is 0 Å². The predicted molar refractivity (Wildman–Crippen MR) is 63.3 cm³/mol. The van der Waals surface area contributed by atoms with Crippen molar-refractivity contribution in [1.82, 2.24) is 0 Å². The fraction of sp³-hybridized carbons (Fsp3) is 0.500. The van der Waals surface area contributed by atoms with Gasteiger partial charge in [-0.15, -0.1) is 0 Å². The maximum Gasteiger partial charge on any atom is 0.307 e. The van der Waals surface area contributed by atoms with Gasteiger partial charge >= 0.3 is 5.97 Å². The molecule has 0 saturated heterocycles. The van der Waals surface area contributed by atoms with E-state index in [2.05, 4.69) is 6.92 Å². The van der Waals surface area contributed by atoms with Gasteiger partial charge in [0.25, 0.3) is 0 Å². The Bertz CT molecular complexity index is 416. The van der Waals surface area contributed by atoms with E-state index < -0.39 is 5.97 Å². The molecule has 1 aromatic rings. The quantitative estimate of drug-likeness (QED) is 0.854. The number of benzene rings is 1. The van der Waals surface area contributed by atoms with Gasteiger partial charge < -0.3 is 5.11 Å². The Hall–Kier alpha value is -1.38. The summed E-state index contributed by atoms with van der Waals surface area (Å²) in [4.78, 5) is 11.2. The predicted octanol–water partition coefficient (Wildman–Crippen LogP) is 3.43. The van der Waals surface area contributed by atoms with Gasteiger partial charge in [-0.05, 0) is 48.8 Å². The van der Waals surface area contributed by atoms with Crippen molar-refractivity contribution in [3.05, 3.63) is 35.6 Å². The Morgan fingerprint density at radius 3 is 2.82 bits per heavy atom. The maximum absolute atomic E-state index is 13.2. The SMILES string of the molecule is CC1CCC(C(=O)O)C(c2cccc(F)c2)C1. The third-order valence-electron chi connectivity index (χ3n) is 3.71. The van der Waals surface area contributed by atoms with Crippen molar-refractivity contribution in [3.8, 4) is 0 Å². The van der Waals surface area contributed by atoms with Crippen molar-refractivity contribution in [2.75, 3.05) is 0 Å². The van der Waals surface area contributed by atoms with Crippen molar-refractivity contribution in [1.29, 1.82) is 0 Å². The molecule has 1 fully saturated rings. The van der Waals surface area contributed by atoms with Gasteiger partial charge in [0, 0.05) is 0 Å². The van der Waals surface area contributed by atoms with Crippen LogP contribution in [-0.2, 0) is 4.79 Å². The molecule has 0 amide bonds. The molecule has 1 aliphatic carbocycles. The standard InChI is InChI=1S/C14H17FO2/c1-9-5-6-12(14(16)17)13(7-9)10-3-2-4-11(15)8-10/h2-4,8-9,12-13H,5-7H2,1H3,(H,16,17). The molecule has 3 heteroatoms. The van der Waals surface area contributed by atoms with Crippen molar-refractivity contribution in [2.24, 2.45) is 11.8 Å². The lowest BCUT2D eigenvalue weighted by atomic mass is 9.71. The molecule has 0 bridgehead atoms. The number of hydrogen-bond donors (Lipinski definition) is 1. The van der Waals surface area contributed by atoms with Crippen molar-refractivity contribution in [2.45, 2.75) is 32.1 Å². The summed E-state index contributed by atoms with van der Waals surface area (Å²) in [7, 11) is 0. The van der Waals surface area contributed by atoms with Crippen molar-refractivity contribution in [3.63, 3.8) is 0 Å². The van der Waals surface area contributed by atoms with E-state index in [1.807, 2.05) is 6.07 Å². The summed E-state index contributed by atoms with van der Waals surface area (Å²) in [6.07, 6.45) is 2.47. The van der Waals surface area contributed by atoms with Crippen LogP contribution >= 0.6 is 0 Å². The summed E-state index contributed by atoms with van der Waals surface area (Å²) in [5.74, 6) is -0.949. The van der Waals surface area contributed by atoms with Gasteiger partial charge in [-0.25, -0.2) is 4.39 Å². The number of hydrogen-bond acceptors (Lipinski definition) is 1. The van der Waals surface area contributed by atoms with E-state index in [1.165, 1.54) is 12.1 Å². The van der Waals surface area contributed by atoms with Crippen LogP contribution in [0, 0.1) is 17.7 Å². The molecule has 1 aromatic carbocycles. The highest BCUT2D eigenvalue weighted by atomic mass is 19.1. The maximum atomic E-state index is 13.2. The zero-order valence-corrected chi connectivity index (χ0v) is 9.90. The van der Waals surface area contributed by atoms with Crippen molar-refractivity contribution >= 4 is 5.97 Å². The summed E-state index contributed by atoms with van der Waals surface area (Å²) in [5, 5.41) is 9.23. The second-order valence-corrected chi connectivity index (χ2v) is 5.02. The number of carbonyl (C=O) groups is 1. The molecule has 0 spiro atoms. The number of rotatable bonds is 2. The van der Waals surface area contributed by atoms with Crippen LogP contribution in [0.25, 0.3) is 0 Å². The van der Waals surface area contributed by atoms with Crippen LogP contribution < -0.4 is 0 Å². The Labute approximate surface area is 100 Å². The first kappa shape index (κ1) is 12.1. The lowest BCUT2D eigenvalue weighted by molar-refractivity contribution is -0.143. The molecule has 1 saturated carbocycles. The van der Waals surface area contributed by atoms with Gasteiger partial charge in [0.05, 0.1) is 5.92 Å². The number of carboxylic acid groups (broad SMARTS) is 1. The molecule has 17 heavy (non-hydrogen) atoms. The van der Waals surface area contributed by atoms with Crippen molar-refractivity contribution < 1.29 is 14.3 Å². The number of halogens is 1. The molecule has 0 radical (unpaired) electrons. The van der Waals surface area contributed by atoms with E-state index in [-0.39, 0.29) is 17.7 Å². The molecule has 1 N–H and O–H groups in total. The number of aliphatic carboxylic acids is 1. The topological polar surface area (TPSA) is 37.3 Å². The summed E-state index contributed by atoms with van der Waals surface area (Å²) in [5.41, 5.74) is 0.823. The summed E-state index contributed by atoms with van der Waals surface area (Å²) in [6.45, 7) is 2.13. The van der Waals surface area contributed by atoms with Crippen LogP contribution in [0.1, 0.15) is 37.7 Å². The largest absolute Gasteiger partial charge is 0.481 e. The average molecular weight is 236 g/mol. The lowest BCUT2D eigenvalue weighted by Gasteiger charge is -2.32. The first-order chi connectivity index (χ1) is 8.08. The highest BCUT2D eigenvalue weighted by Crippen LogP contribution is 2.40. The monoisotopic (exact) mass is 236 g/mol. The van der Waals surface area contributed by atoms with Crippen LogP contribution in [0.15, 0.2) is 24.3 Å². The molecule has 0 heterocycles. The smallest absolute Gasteiger partial charge is 0.307 e. The second-order valence-electron chi connectivity index (χ2n) is 5.02. The third-order valence-corrected chi connectivity index (χ3v) is 3.71. The summed E-state index contributed by atoms with van der Waals surface area (Å²) >= 11 is 0. The third kappa shape index (κ3) is 2.65. The number of carboxylic acids is 1. The summed E-state index contributed by atoms with van der Waals surface area (Å²) in [6, 6.07) is 6.36. The van der Waals surface area contributed by atoms with Crippen LogP contribution in [0.5, 0.6) is 0 Å². The van der Waals surface area contributed by atoms with E-state index in [0.29, 0.717) is 12.3 Å². The normalized spacial score (nSPS) is 28.9. The fourth-order valence-electron chi connectivity index (χ4n) is 2.78. The van der Waals surface area contributed by atoms with Crippen LogP contribution in [0.3, 0.4) is 0 Å². The highest BCUT2D eigenvalue weighted by molar-refractivity contribution is 5.71. The molecule has 2 rings (SSSR count). The first-order valence-corrected chi connectivity index (χ1v) is 6.06.